The second-order valence-electron chi connectivity index (χ2n) is 8.30. The van der Waals surface area contributed by atoms with Gasteiger partial charge in [-0.1, -0.05) is 43.7 Å². The summed E-state index contributed by atoms with van der Waals surface area (Å²) in [6.07, 6.45) is 3.75. The first-order valence-corrected chi connectivity index (χ1v) is 10.7. The summed E-state index contributed by atoms with van der Waals surface area (Å²) in [7, 11) is 0. The molecule has 29 heavy (non-hydrogen) atoms. The molecule has 0 saturated heterocycles. The zero-order valence-electron chi connectivity index (χ0n) is 18.1. The van der Waals surface area contributed by atoms with Crippen LogP contribution < -0.4 is 10.1 Å². The Morgan fingerprint density at radius 2 is 1.86 bits per heavy atom. The number of carbonyl (C=O) groups is 1. The number of anilines is 1. The van der Waals surface area contributed by atoms with Gasteiger partial charge in [0, 0.05) is 12.3 Å². The molecule has 0 heterocycles. The molecule has 1 aliphatic carbocycles. The molecule has 0 aliphatic heterocycles. The molecular weight excluding hydrogens is 362 g/mol. The van der Waals surface area contributed by atoms with Gasteiger partial charge in [-0.2, -0.15) is 0 Å². The average molecular weight is 396 g/mol. The Kier molecular flexibility index (Phi) is 6.96. The third-order valence-corrected chi connectivity index (χ3v) is 5.73. The molecule has 4 heteroatoms. The van der Waals surface area contributed by atoms with Crippen LogP contribution in [0.15, 0.2) is 42.5 Å². The highest BCUT2D eigenvalue weighted by Gasteiger charge is 2.42. The molecule has 0 unspecified atom stereocenters. The van der Waals surface area contributed by atoms with Crippen LogP contribution in [0.4, 0.5) is 5.69 Å². The fraction of sp³-hybridized carbons (Fsp3) is 0.480. The van der Waals surface area contributed by atoms with Crippen LogP contribution in [-0.4, -0.2) is 18.1 Å². The number of nitrogens with one attached hydrogen (secondary N) is 1. The number of benzene rings is 2. The number of rotatable bonds is 7. The Hall–Kier alpha value is -2.33. The lowest BCUT2D eigenvalue weighted by Crippen LogP contribution is -2.48. The van der Waals surface area contributed by atoms with Crippen LogP contribution in [0.1, 0.15) is 56.2 Å². The first-order valence-electron chi connectivity index (χ1n) is 10.7. The predicted molar refractivity (Wildman–Crippen MR) is 117 cm³/mol. The maximum absolute atomic E-state index is 13.2. The van der Waals surface area contributed by atoms with Gasteiger partial charge < -0.3 is 14.8 Å². The summed E-state index contributed by atoms with van der Waals surface area (Å²) in [4.78, 5) is 13.2. The SMILES string of the molecule is CCO[C@@]1(C(=O)Nc2cc(C)c(OCc3ccccc3)c(C)c2)CCC[C@H](C)C1. The van der Waals surface area contributed by atoms with Crippen molar-refractivity contribution < 1.29 is 14.3 Å². The smallest absolute Gasteiger partial charge is 0.256 e. The van der Waals surface area contributed by atoms with E-state index in [1.54, 1.807) is 0 Å². The van der Waals surface area contributed by atoms with Crippen molar-refractivity contribution in [2.75, 3.05) is 11.9 Å². The van der Waals surface area contributed by atoms with Crippen molar-refractivity contribution in [3.63, 3.8) is 0 Å². The van der Waals surface area contributed by atoms with E-state index in [1.165, 1.54) is 0 Å². The van der Waals surface area contributed by atoms with Crippen LogP contribution in [0.3, 0.4) is 0 Å². The molecule has 0 bridgehead atoms. The largest absolute Gasteiger partial charge is 0.488 e. The molecule has 0 aromatic heterocycles. The van der Waals surface area contributed by atoms with Gasteiger partial charge in [0.2, 0.25) is 0 Å². The Labute approximate surface area is 174 Å². The van der Waals surface area contributed by atoms with Crippen molar-refractivity contribution >= 4 is 11.6 Å². The van der Waals surface area contributed by atoms with Crippen LogP contribution in [-0.2, 0) is 16.1 Å². The van der Waals surface area contributed by atoms with Crippen LogP contribution in [0, 0.1) is 19.8 Å². The quantitative estimate of drug-likeness (QED) is 0.644. The van der Waals surface area contributed by atoms with Crippen molar-refractivity contribution in [2.45, 2.75) is 65.6 Å². The molecule has 4 nitrogen and oxygen atoms in total. The molecule has 1 aliphatic rings. The van der Waals surface area contributed by atoms with Crippen LogP contribution in [0.25, 0.3) is 0 Å². The monoisotopic (exact) mass is 395 g/mol. The standard InChI is InChI=1S/C25H33NO3/c1-5-29-25(13-9-10-18(2)16-25)24(27)26-22-14-19(3)23(20(4)15-22)28-17-21-11-7-6-8-12-21/h6-8,11-12,14-15,18H,5,9-10,13,16-17H2,1-4H3,(H,26,27)/t18-,25-/m0/s1. The average Bonchev–Trinajstić information content (AvgIpc) is 2.68. The van der Waals surface area contributed by atoms with Gasteiger partial charge >= 0.3 is 0 Å². The lowest BCUT2D eigenvalue weighted by molar-refractivity contribution is -0.147. The first kappa shape index (κ1) is 21.4. The van der Waals surface area contributed by atoms with E-state index in [-0.39, 0.29) is 5.91 Å². The number of carbonyl (C=O) groups excluding carboxylic acids is 1. The minimum absolute atomic E-state index is 0.0253. The van der Waals surface area contributed by atoms with Gasteiger partial charge in [-0.25, -0.2) is 0 Å². The van der Waals surface area contributed by atoms with Crippen molar-refractivity contribution in [2.24, 2.45) is 5.92 Å². The van der Waals surface area contributed by atoms with E-state index < -0.39 is 5.60 Å². The molecule has 1 N–H and O–H groups in total. The summed E-state index contributed by atoms with van der Waals surface area (Å²) < 4.78 is 12.1. The maximum atomic E-state index is 13.2. The molecule has 2 atom stereocenters. The molecule has 1 saturated carbocycles. The van der Waals surface area contributed by atoms with Gasteiger partial charge in [0.15, 0.2) is 0 Å². The van der Waals surface area contributed by atoms with Crippen LogP contribution in [0.5, 0.6) is 5.75 Å². The third-order valence-electron chi connectivity index (χ3n) is 5.73. The lowest BCUT2D eigenvalue weighted by atomic mass is 9.78. The normalized spacial score (nSPS) is 21.6. The second kappa shape index (κ2) is 9.45. The Morgan fingerprint density at radius 1 is 1.17 bits per heavy atom. The van der Waals surface area contributed by atoms with Crippen molar-refractivity contribution in [3.8, 4) is 5.75 Å². The number of aryl methyl sites for hydroxylation is 2. The summed E-state index contributed by atoms with van der Waals surface area (Å²) in [5, 5.41) is 3.12. The highest BCUT2D eigenvalue weighted by molar-refractivity contribution is 5.97. The van der Waals surface area contributed by atoms with Gasteiger partial charge in [0.25, 0.3) is 5.91 Å². The number of ether oxygens (including phenoxy) is 2. The first-order chi connectivity index (χ1) is 13.9. The van der Waals surface area contributed by atoms with Gasteiger partial charge in [-0.05, 0) is 74.8 Å². The molecule has 1 amide bonds. The van der Waals surface area contributed by atoms with Crippen molar-refractivity contribution in [1.82, 2.24) is 0 Å². The molecule has 3 rings (SSSR count). The number of hydrogen-bond donors (Lipinski definition) is 1. The fourth-order valence-electron chi connectivity index (χ4n) is 4.41. The summed E-state index contributed by atoms with van der Waals surface area (Å²) >= 11 is 0. The van der Waals surface area contributed by atoms with Crippen molar-refractivity contribution in [3.05, 3.63) is 59.2 Å². The van der Waals surface area contributed by atoms with E-state index in [9.17, 15) is 4.79 Å². The third kappa shape index (κ3) is 5.18. The van der Waals surface area contributed by atoms with Crippen LogP contribution >= 0.6 is 0 Å². The Morgan fingerprint density at radius 3 is 2.48 bits per heavy atom. The minimum atomic E-state index is -0.712. The maximum Gasteiger partial charge on any atom is 0.256 e. The molecule has 156 valence electrons. The summed E-state index contributed by atoms with van der Waals surface area (Å²) in [6, 6.07) is 14.1. The van der Waals surface area contributed by atoms with E-state index >= 15 is 0 Å². The highest BCUT2D eigenvalue weighted by atomic mass is 16.5. The van der Waals surface area contributed by atoms with E-state index in [0.29, 0.717) is 19.1 Å². The summed E-state index contributed by atoms with van der Waals surface area (Å²) in [5.74, 6) is 1.35. The van der Waals surface area contributed by atoms with Gasteiger partial charge in [0.1, 0.15) is 18.0 Å². The molecule has 2 aromatic rings. The van der Waals surface area contributed by atoms with E-state index in [0.717, 1.165) is 53.8 Å². The van der Waals surface area contributed by atoms with Gasteiger partial charge in [-0.15, -0.1) is 0 Å². The van der Waals surface area contributed by atoms with Crippen LogP contribution in [0.2, 0.25) is 0 Å². The summed E-state index contributed by atoms with van der Waals surface area (Å²) in [5.41, 5.74) is 3.25. The minimum Gasteiger partial charge on any atom is -0.488 e. The predicted octanol–water partition coefficient (Wildman–Crippen LogP) is 5.81. The molecule has 0 spiro atoms. The zero-order valence-corrected chi connectivity index (χ0v) is 18.1. The van der Waals surface area contributed by atoms with E-state index in [1.807, 2.05) is 51.1 Å². The molecule has 0 radical (unpaired) electrons. The van der Waals surface area contributed by atoms with Gasteiger partial charge in [-0.3, -0.25) is 4.79 Å². The Bertz CT molecular complexity index is 806. The topological polar surface area (TPSA) is 47.6 Å². The van der Waals surface area contributed by atoms with E-state index in [2.05, 4.69) is 24.4 Å². The second-order valence-corrected chi connectivity index (χ2v) is 8.30. The summed E-state index contributed by atoms with van der Waals surface area (Å²) in [6.45, 7) is 9.27. The number of hydrogen-bond acceptors (Lipinski definition) is 3. The van der Waals surface area contributed by atoms with Crippen molar-refractivity contribution in [1.29, 1.82) is 0 Å². The fourth-order valence-corrected chi connectivity index (χ4v) is 4.41. The molecule has 2 aromatic carbocycles. The number of amides is 1. The highest BCUT2D eigenvalue weighted by Crippen LogP contribution is 2.37. The van der Waals surface area contributed by atoms with Gasteiger partial charge in [0.05, 0.1) is 0 Å². The zero-order chi connectivity index (χ0) is 20.9. The lowest BCUT2D eigenvalue weighted by Gasteiger charge is -2.38. The Balaban J connectivity index is 1.73. The molecule has 1 fully saturated rings. The van der Waals surface area contributed by atoms with E-state index in [4.69, 9.17) is 9.47 Å². The molecular formula is C25H33NO3.